The van der Waals surface area contributed by atoms with Crippen LogP contribution >= 0.6 is 11.3 Å². The number of guanidine groups is 1. The van der Waals surface area contributed by atoms with Gasteiger partial charge in [-0.05, 0) is 43.6 Å². The monoisotopic (exact) mass is 379 g/mol. The number of aliphatic imine (C=N–C) groups is 1. The highest BCUT2D eigenvalue weighted by Crippen LogP contribution is 2.20. The van der Waals surface area contributed by atoms with Crippen molar-refractivity contribution in [1.82, 2.24) is 10.2 Å². The van der Waals surface area contributed by atoms with Gasteiger partial charge in [-0.15, -0.1) is 11.3 Å². The Balaban J connectivity index is 1.37. The van der Waals surface area contributed by atoms with Gasteiger partial charge in [0.2, 0.25) is 0 Å². The van der Waals surface area contributed by atoms with Crippen LogP contribution in [-0.4, -0.2) is 63.0 Å². The minimum absolute atomic E-state index is 0.315. The summed E-state index contributed by atoms with van der Waals surface area (Å²) in [6.07, 6.45) is 6.43. The zero-order valence-corrected chi connectivity index (χ0v) is 17.0. The van der Waals surface area contributed by atoms with E-state index in [2.05, 4.69) is 39.6 Å². The number of thiophene rings is 1. The molecule has 6 heteroatoms. The minimum atomic E-state index is 0.315. The predicted octanol–water partition coefficient (Wildman–Crippen LogP) is 3.48. The van der Waals surface area contributed by atoms with Gasteiger partial charge in [-0.3, -0.25) is 4.99 Å². The molecule has 3 rings (SSSR count). The molecule has 0 saturated carbocycles. The van der Waals surface area contributed by atoms with Gasteiger partial charge in [0.1, 0.15) is 0 Å². The van der Waals surface area contributed by atoms with E-state index < -0.39 is 0 Å². The maximum Gasteiger partial charge on any atom is 0.193 e. The van der Waals surface area contributed by atoms with E-state index in [-0.39, 0.29) is 0 Å². The number of nitrogens with one attached hydrogen (secondary N) is 1. The van der Waals surface area contributed by atoms with Gasteiger partial charge in [0.25, 0.3) is 0 Å². The van der Waals surface area contributed by atoms with Gasteiger partial charge >= 0.3 is 0 Å². The summed E-state index contributed by atoms with van der Waals surface area (Å²) in [5.41, 5.74) is 0. The molecule has 2 atom stereocenters. The highest BCUT2D eigenvalue weighted by atomic mass is 32.1. The topological polar surface area (TPSA) is 46.1 Å². The smallest absolute Gasteiger partial charge is 0.193 e. The van der Waals surface area contributed by atoms with Crippen LogP contribution in [-0.2, 0) is 9.47 Å². The first-order valence-corrected chi connectivity index (χ1v) is 10.9. The van der Waals surface area contributed by atoms with E-state index in [0.29, 0.717) is 18.1 Å². The summed E-state index contributed by atoms with van der Waals surface area (Å²) in [5.74, 6) is 1.52. The van der Waals surface area contributed by atoms with E-state index in [9.17, 15) is 0 Å². The normalized spacial score (nSPS) is 23.8. The fourth-order valence-electron chi connectivity index (χ4n) is 3.67. The van der Waals surface area contributed by atoms with Crippen LogP contribution in [0.1, 0.15) is 49.8 Å². The van der Waals surface area contributed by atoms with Crippen molar-refractivity contribution in [1.29, 1.82) is 0 Å². The van der Waals surface area contributed by atoms with Gasteiger partial charge in [0.05, 0.1) is 18.8 Å². The molecule has 1 aromatic rings. The Morgan fingerprint density at radius 3 is 2.88 bits per heavy atom. The summed E-state index contributed by atoms with van der Waals surface area (Å²) in [7, 11) is 1.88. The molecule has 5 nitrogen and oxygen atoms in total. The Bertz CT molecular complexity index is 535. The lowest BCUT2D eigenvalue weighted by Gasteiger charge is -2.35. The number of likely N-dealkylation sites (tertiary alicyclic amines) is 1. The third-order valence-electron chi connectivity index (χ3n) is 5.34. The third kappa shape index (κ3) is 5.69. The second-order valence-electron chi connectivity index (χ2n) is 7.35. The quantitative estimate of drug-likeness (QED) is 0.607. The average molecular weight is 380 g/mol. The molecule has 0 radical (unpaired) electrons. The average Bonchev–Trinajstić information content (AvgIpc) is 3.23. The molecule has 0 amide bonds. The third-order valence-corrected chi connectivity index (χ3v) is 6.44. The van der Waals surface area contributed by atoms with E-state index in [1.54, 1.807) is 0 Å². The molecular weight excluding hydrogens is 346 g/mol. The summed E-state index contributed by atoms with van der Waals surface area (Å²) in [4.78, 5) is 8.26. The van der Waals surface area contributed by atoms with E-state index in [1.165, 1.54) is 17.7 Å². The van der Waals surface area contributed by atoms with E-state index >= 15 is 0 Å². The van der Waals surface area contributed by atoms with Crippen molar-refractivity contribution in [3.63, 3.8) is 0 Å². The molecule has 2 unspecified atom stereocenters. The number of hydrogen-bond donors (Lipinski definition) is 1. The van der Waals surface area contributed by atoms with Crippen LogP contribution in [0, 0.1) is 0 Å². The van der Waals surface area contributed by atoms with Gasteiger partial charge in [0.15, 0.2) is 5.96 Å². The zero-order chi connectivity index (χ0) is 18.2. The Kier molecular flexibility index (Phi) is 7.77. The van der Waals surface area contributed by atoms with Gasteiger partial charge in [0, 0.05) is 44.1 Å². The first-order chi connectivity index (χ1) is 12.8. The maximum absolute atomic E-state index is 6.12. The Morgan fingerprint density at radius 2 is 2.23 bits per heavy atom. The molecule has 0 aromatic carbocycles. The van der Waals surface area contributed by atoms with Crippen LogP contribution < -0.4 is 5.32 Å². The molecule has 3 heterocycles. The summed E-state index contributed by atoms with van der Waals surface area (Å²) >= 11 is 1.82. The lowest BCUT2D eigenvalue weighted by Crippen LogP contribution is -2.48. The lowest BCUT2D eigenvalue weighted by molar-refractivity contribution is -0.0721. The predicted molar refractivity (Wildman–Crippen MR) is 108 cm³/mol. The molecule has 0 spiro atoms. The first kappa shape index (κ1) is 19.6. The highest BCUT2D eigenvalue weighted by Gasteiger charge is 2.24. The van der Waals surface area contributed by atoms with Crippen LogP contribution in [0.15, 0.2) is 22.5 Å². The lowest BCUT2D eigenvalue weighted by atomic mass is 10.1. The van der Waals surface area contributed by atoms with Crippen molar-refractivity contribution in [2.75, 3.05) is 39.9 Å². The molecule has 2 saturated heterocycles. The number of ether oxygens (including phenoxy) is 2. The van der Waals surface area contributed by atoms with Crippen molar-refractivity contribution in [2.45, 2.75) is 57.2 Å². The second-order valence-corrected chi connectivity index (χ2v) is 8.33. The van der Waals surface area contributed by atoms with Gasteiger partial charge in [-0.25, -0.2) is 0 Å². The van der Waals surface area contributed by atoms with Crippen LogP contribution in [0.25, 0.3) is 0 Å². The van der Waals surface area contributed by atoms with Crippen LogP contribution in [0.3, 0.4) is 0 Å². The van der Waals surface area contributed by atoms with E-state index in [0.717, 1.165) is 58.1 Å². The standard InChI is InChI=1S/C20H33N3O2S/c1-16(19-7-5-13-26-19)14-22-20(21-2)23-10-8-17(9-11-23)25-15-18-6-3-4-12-24-18/h5,7,13,16-18H,3-4,6,8-12,14-15H2,1-2H3,(H,21,22). The summed E-state index contributed by atoms with van der Waals surface area (Å²) in [5, 5.41) is 5.69. The second kappa shape index (κ2) is 10.3. The highest BCUT2D eigenvalue weighted by molar-refractivity contribution is 7.10. The largest absolute Gasteiger partial charge is 0.376 e. The van der Waals surface area contributed by atoms with Crippen molar-refractivity contribution >= 4 is 17.3 Å². The Hall–Kier alpha value is -1.11. The van der Waals surface area contributed by atoms with E-state index in [4.69, 9.17) is 9.47 Å². The molecular formula is C20H33N3O2S. The molecule has 146 valence electrons. The Labute approximate surface area is 161 Å². The molecule has 2 fully saturated rings. The van der Waals surface area contributed by atoms with Gasteiger partial charge < -0.3 is 19.7 Å². The summed E-state index contributed by atoms with van der Waals surface area (Å²) < 4.78 is 11.9. The summed E-state index contributed by atoms with van der Waals surface area (Å²) in [6.45, 7) is 6.85. The fraction of sp³-hybridized carbons (Fsp3) is 0.750. The number of rotatable bonds is 6. The molecule has 2 aliphatic rings. The van der Waals surface area contributed by atoms with Crippen molar-refractivity contribution in [3.8, 4) is 0 Å². The molecule has 1 N–H and O–H groups in total. The van der Waals surface area contributed by atoms with Crippen molar-refractivity contribution in [2.24, 2.45) is 4.99 Å². The van der Waals surface area contributed by atoms with Crippen LogP contribution in [0.4, 0.5) is 0 Å². The van der Waals surface area contributed by atoms with Gasteiger partial charge in [-0.2, -0.15) is 0 Å². The first-order valence-electron chi connectivity index (χ1n) is 9.98. The van der Waals surface area contributed by atoms with Crippen molar-refractivity contribution in [3.05, 3.63) is 22.4 Å². The fourth-order valence-corrected chi connectivity index (χ4v) is 4.45. The molecule has 26 heavy (non-hydrogen) atoms. The van der Waals surface area contributed by atoms with Crippen LogP contribution in [0.5, 0.6) is 0 Å². The zero-order valence-electron chi connectivity index (χ0n) is 16.2. The van der Waals surface area contributed by atoms with E-state index in [1.807, 2.05) is 18.4 Å². The molecule has 0 aliphatic carbocycles. The maximum atomic E-state index is 6.12. The van der Waals surface area contributed by atoms with Crippen molar-refractivity contribution < 1.29 is 9.47 Å². The molecule has 0 bridgehead atoms. The SMILES string of the molecule is CN=C(NCC(C)c1cccs1)N1CCC(OCC2CCCCO2)CC1. The molecule has 2 aliphatic heterocycles. The Morgan fingerprint density at radius 1 is 1.38 bits per heavy atom. The molecule has 1 aromatic heterocycles. The van der Waals surface area contributed by atoms with Crippen LogP contribution in [0.2, 0.25) is 0 Å². The van der Waals surface area contributed by atoms with Gasteiger partial charge in [-0.1, -0.05) is 13.0 Å². The number of piperidine rings is 1. The summed E-state index contributed by atoms with van der Waals surface area (Å²) in [6, 6.07) is 4.33. The number of hydrogen-bond acceptors (Lipinski definition) is 4. The number of nitrogens with zero attached hydrogens (tertiary/aromatic N) is 2. The minimum Gasteiger partial charge on any atom is -0.376 e.